The first-order valence-electron chi connectivity index (χ1n) is 6.49. The molecular formula is C15H21NO. The van der Waals surface area contributed by atoms with Crippen molar-refractivity contribution in [3.63, 3.8) is 0 Å². The van der Waals surface area contributed by atoms with Gasteiger partial charge in [0.15, 0.2) is 0 Å². The van der Waals surface area contributed by atoms with Crippen molar-refractivity contribution in [1.29, 1.82) is 0 Å². The smallest absolute Gasteiger partial charge is 0.254 e. The summed E-state index contributed by atoms with van der Waals surface area (Å²) < 4.78 is 0. The number of carbonyl (C=O) groups excluding carboxylic acids is 1. The number of carbonyl (C=O) groups is 1. The predicted octanol–water partition coefficient (Wildman–Crippen LogP) is 3.40. The average molecular weight is 231 g/mol. The minimum Gasteiger partial charge on any atom is -0.333 e. The molecule has 1 aromatic carbocycles. The summed E-state index contributed by atoms with van der Waals surface area (Å²) in [6, 6.07) is 8.62. The molecule has 1 aromatic rings. The van der Waals surface area contributed by atoms with Gasteiger partial charge in [-0.25, -0.2) is 0 Å². The summed E-state index contributed by atoms with van der Waals surface area (Å²) in [7, 11) is 0. The first kappa shape index (κ1) is 12.2. The Morgan fingerprint density at radius 1 is 1.12 bits per heavy atom. The van der Waals surface area contributed by atoms with Gasteiger partial charge in [0.25, 0.3) is 5.91 Å². The molecule has 0 N–H and O–H groups in total. The van der Waals surface area contributed by atoms with Crippen molar-refractivity contribution < 1.29 is 4.79 Å². The number of piperidine rings is 1. The molecule has 2 atom stereocenters. The maximum atomic E-state index is 12.5. The highest BCUT2D eigenvalue weighted by molar-refractivity contribution is 5.94. The van der Waals surface area contributed by atoms with Gasteiger partial charge in [-0.05, 0) is 52.2 Å². The Kier molecular flexibility index (Phi) is 3.51. The second-order valence-electron chi connectivity index (χ2n) is 5.21. The maximum absolute atomic E-state index is 12.5. The van der Waals surface area contributed by atoms with Crippen LogP contribution < -0.4 is 0 Å². The van der Waals surface area contributed by atoms with E-state index < -0.39 is 0 Å². The first-order valence-corrected chi connectivity index (χ1v) is 6.49. The molecule has 1 amide bonds. The SMILES string of the molecule is Cc1ccc(C(=O)N2[C@@H](C)CCC[C@@H]2C)cc1. The monoisotopic (exact) mass is 231 g/mol. The summed E-state index contributed by atoms with van der Waals surface area (Å²) in [4.78, 5) is 14.5. The highest BCUT2D eigenvalue weighted by Gasteiger charge is 2.29. The quantitative estimate of drug-likeness (QED) is 0.725. The zero-order valence-corrected chi connectivity index (χ0v) is 10.9. The van der Waals surface area contributed by atoms with Crippen LogP contribution in [0.15, 0.2) is 24.3 Å². The molecule has 0 aromatic heterocycles. The van der Waals surface area contributed by atoms with E-state index in [4.69, 9.17) is 0 Å². The number of hydrogen-bond acceptors (Lipinski definition) is 1. The van der Waals surface area contributed by atoms with Crippen LogP contribution in [0.5, 0.6) is 0 Å². The van der Waals surface area contributed by atoms with Crippen LogP contribution in [0, 0.1) is 6.92 Å². The molecule has 2 nitrogen and oxygen atoms in total. The Morgan fingerprint density at radius 2 is 1.65 bits per heavy atom. The summed E-state index contributed by atoms with van der Waals surface area (Å²) in [6.45, 7) is 6.35. The first-order chi connectivity index (χ1) is 8.09. The number of aryl methyl sites for hydroxylation is 1. The van der Waals surface area contributed by atoms with Crippen LogP contribution in [0.3, 0.4) is 0 Å². The summed E-state index contributed by atoms with van der Waals surface area (Å²) >= 11 is 0. The molecule has 0 bridgehead atoms. The average Bonchev–Trinajstić information content (AvgIpc) is 2.29. The largest absolute Gasteiger partial charge is 0.333 e. The van der Waals surface area contributed by atoms with Gasteiger partial charge in [-0.15, -0.1) is 0 Å². The van der Waals surface area contributed by atoms with Crippen molar-refractivity contribution in [3.05, 3.63) is 35.4 Å². The van der Waals surface area contributed by atoms with Gasteiger partial charge in [-0.3, -0.25) is 4.79 Å². The zero-order chi connectivity index (χ0) is 12.4. The van der Waals surface area contributed by atoms with Gasteiger partial charge in [-0.1, -0.05) is 17.7 Å². The molecule has 0 saturated carbocycles. The van der Waals surface area contributed by atoms with Crippen LogP contribution in [0.2, 0.25) is 0 Å². The van der Waals surface area contributed by atoms with Crippen molar-refractivity contribution in [2.75, 3.05) is 0 Å². The molecule has 1 aliphatic heterocycles. The van der Waals surface area contributed by atoms with Crippen LogP contribution in [0.4, 0.5) is 0 Å². The molecule has 0 spiro atoms. The molecule has 1 fully saturated rings. The predicted molar refractivity (Wildman–Crippen MR) is 70.1 cm³/mol. The summed E-state index contributed by atoms with van der Waals surface area (Å²) in [5.41, 5.74) is 2.01. The van der Waals surface area contributed by atoms with E-state index in [1.54, 1.807) is 0 Å². The molecule has 17 heavy (non-hydrogen) atoms. The standard InChI is InChI=1S/C15H21NO/c1-11-7-9-14(10-8-11)15(17)16-12(2)5-4-6-13(16)3/h7-10,12-13H,4-6H2,1-3H3/t12-,13-/m0/s1. The number of nitrogens with zero attached hydrogens (tertiary/aromatic N) is 1. The van der Waals surface area contributed by atoms with E-state index in [1.165, 1.54) is 12.0 Å². The normalized spacial score (nSPS) is 24.8. The van der Waals surface area contributed by atoms with E-state index >= 15 is 0 Å². The van der Waals surface area contributed by atoms with Gasteiger partial charge < -0.3 is 4.90 Å². The van der Waals surface area contributed by atoms with Crippen molar-refractivity contribution in [2.24, 2.45) is 0 Å². The lowest BCUT2D eigenvalue weighted by Gasteiger charge is -2.39. The maximum Gasteiger partial charge on any atom is 0.254 e. The van der Waals surface area contributed by atoms with E-state index in [1.807, 2.05) is 36.1 Å². The van der Waals surface area contributed by atoms with Crippen LogP contribution in [0.25, 0.3) is 0 Å². The highest BCUT2D eigenvalue weighted by Crippen LogP contribution is 2.24. The summed E-state index contributed by atoms with van der Waals surface area (Å²) in [5, 5.41) is 0. The highest BCUT2D eigenvalue weighted by atomic mass is 16.2. The molecule has 0 unspecified atom stereocenters. The van der Waals surface area contributed by atoms with Crippen molar-refractivity contribution in [2.45, 2.75) is 52.1 Å². The number of hydrogen-bond donors (Lipinski definition) is 0. The van der Waals surface area contributed by atoms with Gasteiger partial charge in [-0.2, -0.15) is 0 Å². The molecule has 2 heteroatoms. The fourth-order valence-electron chi connectivity index (χ4n) is 2.67. The molecule has 1 saturated heterocycles. The number of benzene rings is 1. The third kappa shape index (κ3) is 2.51. The zero-order valence-electron chi connectivity index (χ0n) is 10.9. The lowest BCUT2D eigenvalue weighted by Crippen LogP contribution is -2.47. The molecule has 1 aliphatic rings. The number of likely N-dealkylation sites (tertiary alicyclic amines) is 1. The van der Waals surface area contributed by atoms with E-state index in [2.05, 4.69) is 13.8 Å². The third-order valence-corrected chi connectivity index (χ3v) is 3.73. The Bertz CT molecular complexity index is 386. The Balaban J connectivity index is 2.20. The Labute approximate surface area is 104 Å². The minimum atomic E-state index is 0.185. The summed E-state index contributed by atoms with van der Waals surface area (Å²) in [5.74, 6) is 0.185. The Hall–Kier alpha value is -1.31. The van der Waals surface area contributed by atoms with Crippen LogP contribution in [-0.4, -0.2) is 22.9 Å². The fraction of sp³-hybridized carbons (Fsp3) is 0.533. The fourth-order valence-corrected chi connectivity index (χ4v) is 2.67. The van der Waals surface area contributed by atoms with Crippen molar-refractivity contribution in [3.8, 4) is 0 Å². The van der Waals surface area contributed by atoms with E-state index in [0.717, 1.165) is 18.4 Å². The van der Waals surface area contributed by atoms with E-state index in [0.29, 0.717) is 12.1 Å². The molecule has 92 valence electrons. The van der Waals surface area contributed by atoms with E-state index in [9.17, 15) is 4.79 Å². The number of rotatable bonds is 1. The lowest BCUT2D eigenvalue weighted by molar-refractivity contribution is 0.0511. The second-order valence-corrected chi connectivity index (χ2v) is 5.21. The van der Waals surface area contributed by atoms with Gasteiger partial charge in [0, 0.05) is 17.6 Å². The topological polar surface area (TPSA) is 20.3 Å². The van der Waals surface area contributed by atoms with Crippen LogP contribution >= 0.6 is 0 Å². The summed E-state index contributed by atoms with van der Waals surface area (Å²) in [6.07, 6.45) is 3.49. The lowest BCUT2D eigenvalue weighted by atomic mass is 9.96. The van der Waals surface area contributed by atoms with Gasteiger partial charge in [0.05, 0.1) is 0 Å². The minimum absolute atomic E-state index is 0.185. The molecular weight excluding hydrogens is 210 g/mol. The van der Waals surface area contributed by atoms with Crippen molar-refractivity contribution in [1.82, 2.24) is 4.90 Å². The Morgan fingerprint density at radius 3 is 2.18 bits per heavy atom. The second kappa shape index (κ2) is 4.91. The van der Waals surface area contributed by atoms with Crippen molar-refractivity contribution >= 4 is 5.91 Å². The van der Waals surface area contributed by atoms with Crippen LogP contribution in [-0.2, 0) is 0 Å². The number of amides is 1. The van der Waals surface area contributed by atoms with Gasteiger partial charge in [0.1, 0.15) is 0 Å². The van der Waals surface area contributed by atoms with Crippen LogP contribution in [0.1, 0.15) is 49.0 Å². The molecule has 0 radical (unpaired) electrons. The van der Waals surface area contributed by atoms with Gasteiger partial charge >= 0.3 is 0 Å². The van der Waals surface area contributed by atoms with E-state index in [-0.39, 0.29) is 5.91 Å². The molecule has 1 heterocycles. The molecule has 0 aliphatic carbocycles. The third-order valence-electron chi connectivity index (χ3n) is 3.73. The molecule has 2 rings (SSSR count). The van der Waals surface area contributed by atoms with Gasteiger partial charge in [0.2, 0.25) is 0 Å².